The molecule has 0 radical (unpaired) electrons. The molecule has 84 valence electrons. The fourth-order valence-corrected chi connectivity index (χ4v) is 3.02. The Bertz CT molecular complexity index is 555. The summed E-state index contributed by atoms with van der Waals surface area (Å²) in [6.45, 7) is 1.97. The first-order valence-electron chi connectivity index (χ1n) is 5.66. The Hall–Kier alpha value is -0.900. The van der Waals surface area contributed by atoms with Gasteiger partial charge in [-0.1, -0.05) is 6.42 Å². The van der Waals surface area contributed by atoms with Crippen LogP contribution >= 0.6 is 15.9 Å². The smallest absolute Gasteiger partial charge is 0.144 e. The Kier molecular flexibility index (Phi) is 2.28. The second kappa shape index (κ2) is 3.55. The number of halogens is 1. The van der Waals surface area contributed by atoms with E-state index in [1.807, 2.05) is 14.0 Å². The van der Waals surface area contributed by atoms with Crippen molar-refractivity contribution < 1.29 is 0 Å². The summed E-state index contributed by atoms with van der Waals surface area (Å²) in [7, 11) is 2.03. The molecule has 3 nitrogen and oxygen atoms in total. The number of nitrogens with zero attached hydrogens (tertiary/aromatic N) is 3. The second-order valence-corrected chi connectivity index (χ2v) is 5.42. The fraction of sp³-hybridized carbons (Fsp3) is 0.500. The van der Waals surface area contributed by atoms with Crippen molar-refractivity contribution in [2.45, 2.75) is 32.1 Å². The van der Waals surface area contributed by atoms with Crippen LogP contribution in [-0.2, 0) is 7.05 Å². The highest BCUT2D eigenvalue weighted by molar-refractivity contribution is 9.10. The van der Waals surface area contributed by atoms with Crippen molar-refractivity contribution in [1.82, 2.24) is 14.5 Å². The molecule has 1 aliphatic carbocycles. The van der Waals surface area contributed by atoms with Crippen LogP contribution in [-0.4, -0.2) is 14.5 Å². The molecular formula is C12H14BrN3. The average molecular weight is 280 g/mol. The van der Waals surface area contributed by atoms with E-state index in [0.29, 0.717) is 5.92 Å². The molecule has 2 heterocycles. The van der Waals surface area contributed by atoms with Crippen LogP contribution in [0.25, 0.3) is 11.0 Å². The van der Waals surface area contributed by atoms with E-state index in [4.69, 9.17) is 0 Å². The molecule has 1 fully saturated rings. The number of rotatable bonds is 1. The van der Waals surface area contributed by atoms with Gasteiger partial charge >= 0.3 is 0 Å². The Morgan fingerprint density at radius 3 is 2.75 bits per heavy atom. The first kappa shape index (κ1) is 10.3. The van der Waals surface area contributed by atoms with Gasteiger partial charge in [-0.25, -0.2) is 9.97 Å². The van der Waals surface area contributed by atoms with E-state index < -0.39 is 0 Å². The summed E-state index contributed by atoms with van der Waals surface area (Å²) in [4.78, 5) is 9.16. The molecule has 4 heteroatoms. The first-order chi connectivity index (χ1) is 7.66. The highest BCUT2D eigenvalue weighted by Crippen LogP contribution is 2.40. The molecule has 2 aromatic rings. The maximum Gasteiger partial charge on any atom is 0.144 e. The van der Waals surface area contributed by atoms with Gasteiger partial charge in [0.1, 0.15) is 11.5 Å². The summed E-state index contributed by atoms with van der Waals surface area (Å²) in [5.74, 6) is 1.52. The Morgan fingerprint density at radius 2 is 2.12 bits per heavy atom. The van der Waals surface area contributed by atoms with Crippen molar-refractivity contribution in [3.05, 3.63) is 22.2 Å². The molecule has 0 N–H and O–H groups in total. The van der Waals surface area contributed by atoms with Crippen LogP contribution in [0.5, 0.6) is 0 Å². The molecule has 16 heavy (non-hydrogen) atoms. The largest absolute Gasteiger partial charge is 0.334 e. The van der Waals surface area contributed by atoms with Gasteiger partial charge in [-0.05, 0) is 35.7 Å². The third-order valence-electron chi connectivity index (χ3n) is 3.40. The predicted molar refractivity (Wildman–Crippen MR) is 67.5 cm³/mol. The van der Waals surface area contributed by atoms with Crippen LogP contribution in [0.1, 0.15) is 36.7 Å². The molecule has 0 amide bonds. The number of aromatic nitrogens is 3. The Balaban J connectivity index is 2.32. The lowest BCUT2D eigenvalue weighted by atomic mass is 9.82. The van der Waals surface area contributed by atoms with Gasteiger partial charge in [0.05, 0.1) is 11.1 Å². The van der Waals surface area contributed by atoms with E-state index in [-0.39, 0.29) is 0 Å². The molecule has 1 aliphatic rings. The molecule has 0 atom stereocenters. The lowest BCUT2D eigenvalue weighted by Crippen LogP contribution is -2.12. The molecule has 1 saturated carbocycles. The maximum absolute atomic E-state index is 4.64. The van der Waals surface area contributed by atoms with Crippen LogP contribution in [0.2, 0.25) is 0 Å². The number of fused-ring (bicyclic) bond motifs is 1. The summed E-state index contributed by atoms with van der Waals surface area (Å²) in [6.07, 6.45) is 5.94. The number of aryl methyl sites for hydroxylation is 2. The number of hydrogen-bond donors (Lipinski definition) is 0. The normalized spacial score (nSPS) is 16.7. The highest BCUT2D eigenvalue weighted by atomic mass is 79.9. The quantitative estimate of drug-likeness (QED) is 0.802. The lowest BCUT2D eigenvalue weighted by Gasteiger charge is -2.25. The molecule has 0 unspecified atom stereocenters. The minimum Gasteiger partial charge on any atom is -0.334 e. The van der Waals surface area contributed by atoms with Crippen molar-refractivity contribution in [3.63, 3.8) is 0 Å². The van der Waals surface area contributed by atoms with Crippen molar-refractivity contribution in [3.8, 4) is 0 Å². The van der Waals surface area contributed by atoms with E-state index in [1.165, 1.54) is 30.3 Å². The Labute approximate surface area is 103 Å². The van der Waals surface area contributed by atoms with Gasteiger partial charge in [0, 0.05) is 23.6 Å². The zero-order valence-electron chi connectivity index (χ0n) is 9.50. The summed E-state index contributed by atoms with van der Waals surface area (Å²) in [5, 5.41) is 1.21. The monoisotopic (exact) mass is 279 g/mol. The van der Waals surface area contributed by atoms with Crippen LogP contribution in [0.3, 0.4) is 0 Å². The summed E-state index contributed by atoms with van der Waals surface area (Å²) in [6, 6.07) is 0. The van der Waals surface area contributed by atoms with Crippen molar-refractivity contribution >= 4 is 27.0 Å². The van der Waals surface area contributed by atoms with E-state index in [0.717, 1.165) is 15.9 Å². The number of hydrogen-bond acceptors (Lipinski definition) is 2. The second-order valence-electron chi connectivity index (χ2n) is 4.57. The standard InChI is InChI=1S/C12H14BrN3/c1-7-14-11(8-4-3-5-8)10-9(13)6-16(2)12(10)15-7/h6,8H,3-5H2,1-2H3. The molecule has 3 rings (SSSR count). The van der Waals surface area contributed by atoms with Gasteiger partial charge in [0.25, 0.3) is 0 Å². The van der Waals surface area contributed by atoms with Crippen molar-refractivity contribution in [2.75, 3.05) is 0 Å². The fourth-order valence-electron chi connectivity index (χ4n) is 2.34. The average Bonchev–Trinajstić information content (AvgIpc) is 2.39. The van der Waals surface area contributed by atoms with Crippen LogP contribution in [0.15, 0.2) is 10.7 Å². The van der Waals surface area contributed by atoms with Gasteiger partial charge in [-0.2, -0.15) is 0 Å². The van der Waals surface area contributed by atoms with Gasteiger partial charge < -0.3 is 4.57 Å². The minimum absolute atomic E-state index is 0.642. The SMILES string of the molecule is Cc1nc(C2CCC2)c2c(Br)cn(C)c2n1. The van der Waals surface area contributed by atoms with E-state index >= 15 is 0 Å². The minimum atomic E-state index is 0.642. The van der Waals surface area contributed by atoms with E-state index in [2.05, 4.69) is 36.7 Å². The zero-order valence-corrected chi connectivity index (χ0v) is 11.1. The topological polar surface area (TPSA) is 30.7 Å². The summed E-state index contributed by atoms with van der Waals surface area (Å²) < 4.78 is 3.18. The van der Waals surface area contributed by atoms with Crippen LogP contribution < -0.4 is 0 Å². The van der Waals surface area contributed by atoms with Crippen LogP contribution in [0.4, 0.5) is 0 Å². The van der Waals surface area contributed by atoms with Crippen molar-refractivity contribution in [2.24, 2.45) is 7.05 Å². The zero-order chi connectivity index (χ0) is 11.3. The molecule has 0 saturated heterocycles. The maximum atomic E-state index is 4.64. The molecule has 0 bridgehead atoms. The molecule has 0 aromatic carbocycles. The summed E-state index contributed by atoms with van der Waals surface area (Å²) in [5.41, 5.74) is 2.28. The van der Waals surface area contributed by atoms with E-state index in [1.54, 1.807) is 0 Å². The Morgan fingerprint density at radius 1 is 1.38 bits per heavy atom. The highest BCUT2D eigenvalue weighted by Gasteiger charge is 2.25. The molecule has 2 aromatic heterocycles. The predicted octanol–water partition coefficient (Wildman–Crippen LogP) is 3.31. The lowest BCUT2D eigenvalue weighted by molar-refractivity contribution is 0.413. The summed E-state index contributed by atoms with van der Waals surface area (Å²) >= 11 is 3.61. The van der Waals surface area contributed by atoms with Gasteiger partial charge in [-0.3, -0.25) is 0 Å². The third-order valence-corrected chi connectivity index (χ3v) is 4.00. The van der Waals surface area contributed by atoms with Crippen molar-refractivity contribution in [1.29, 1.82) is 0 Å². The third kappa shape index (κ3) is 1.39. The molecular weight excluding hydrogens is 266 g/mol. The van der Waals surface area contributed by atoms with E-state index in [9.17, 15) is 0 Å². The molecule has 0 spiro atoms. The van der Waals surface area contributed by atoms with Crippen LogP contribution in [0, 0.1) is 6.92 Å². The van der Waals surface area contributed by atoms with Gasteiger partial charge in [0.2, 0.25) is 0 Å². The van der Waals surface area contributed by atoms with Gasteiger partial charge in [-0.15, -0.1) is 0 Å². The molecule has 0 aliphatic heterocycles. The van der Waals surface area contributed by atoms with Gasteiger partial charge in [0.15, 0.2) is 0 Å². The first-order valence-corrected chi connectivity index (χ1v) is 6.45.